The van der Waals surface area contributed by atoms with Crippen LogP contribution in [-0.2, 0) is 9.53 Å². The maximum absolute atomic E-state index is 12.0. The molecule has 2 aliphatic heterocycles. The molecule has 0 unspecified atom stereocenters. The Morgan fingerprint density at radius 2 is 1.62 bits per heavy atom. The van der Waals surface area contributed by atoms with E-state index in [1.54, 1.807) is 54.7 Å². The highest BCUT2D eigenvalue weighted by Crippen LogP contribution is 2.26. The van der Waals surface area contributed by atoms with Gasteiger partial charge in [0.1, 0.15) is 12.2 Å². The monoisotopic (exact) mass is 471 g/mol. The van der Waals surface area contributed by atoms with Crippen molar-refractivity contribution in [2.45, 2.75) is 75.8 Å². The molecule has 5 N–H and O–H groups in total. The molecule has 7 heteroatoms. The number of aliphatic hydroxyl groups is 4. The van der Waals surface area contributed by atoms with Crippen molar-refractivity contribution < 1.29 is 30.0 Å². The van der Waals surface area contributed by atoms with E-state index in [4.69, 9.17) is 4.74 Å². The summed E-state index contributed by atoms with van der Waals surface area (Å²) in [5.41, 5.74) is 0.952. The molecular weight excluding hydrogens is 434 g/mol. The van der Waals surface area contributed by atoms with Gasteiger partial charge < -0.3 is 30.5 Å². The Hall–Kier alpha value is -2.55. The van der Waals surface area contributed by atoms with Crippen molar-refractivity contribution >= 4 is 5.91 Å². The third-order valence-corrected chi connectivity index (χ3v) is 5.50. The summed E-state index contributed by atoms with van der Waals surface area (Å²) in [6.07, 6.45) is 18.3. The van der Waals surface area contributed by atoms with E-state index in [0.29, 0.717) is 6.42 Å². The molecule has 0 radical (unpaired) electrons. The minimum Gasteiger partial charge on any atom is -0.390 e. The predicted molar refractivity (Wildman–Crippen MR) is 133 cm³/mol. The third-order valence-electron chi connectivity index (χ3n) is 5.50. The largest absolute Gasteiger partial charge is 0.390 e. The van der Waals surface area contributed by atoms with Crippen molar-refractivity contribution in [3.63, 3.8) is 0 Å². The Bertz CT molecular complexity index is 853. The van der Waals surface area contributed by atoms with Gasteiger partial charge >= 0.3 is 0 Å². The molecule has 7 atom stereocenters. The van der Waals surface area contributed by atoms with Crippen LogP contribution in [0.1, 0.15) is 33.1 Å². The summed E-state index contributed by atoms with van der Waals surface area (Å²) >= 11 is 0. The maximum atomic E-state index is 12.0. The summed E-state index contributed by atoms with van der Waals surface area (Å²) in [4.78, 5) is 12.0. The lowest BCUT2D eigenvalue weighted by atomic mass is 10.0. The van der Waals surface area contributed by atoms with Gasteiger partial charge in [0.25, 0.3) is 0 Å². The van der Waals surface area contributed by atoms with E-state index in [1.165, 1.54) is 6.08 Å². The first-order chi connectivity index (χ1) is 16.3. The Kier molecular flexibility index (Phi) is 11.9. The summed E-state index contributed by atoms with van der Waals surface area (Å²) in [6.45, 7) is 3.75. The molecule has 0 saturated carbocycles. The quantitative estimate of drug-likeness (QED) is 0.369. The molecule has 1 amide bonds. The number of hydrogen-bond donors (Lipinski definition) is 5. The zero-order valence-corrected chi connectivity index (χ0v) is 19.8. The molecule has 0 aromatic carbocycles. The van der Waals surface area contributed by atoms with Crippen LogP contribution in [-0.4, -0.2) is 69.0 Å². The first kappa shape index (κ1) is 27.7. The lowest BCUT2D eigenvalue weighted by molar-refractivity contribution is -0.117. The Morgan fingerprint density at radius 3 is 2.41 bits per heavy atom. The number of carbonyl (C=O) groups is 1. The first-order valence-corrected chi connectivity index (χ1v) is 11.6. The number of amides is 1. The van der Waals surface area contributed by atoms with Crippen molar-refractivity contribution in [2.24, 2.45) is 0 Å². The topological polar surface area (TPSA) is 119 Å². The minimum absolute atomic E-state index is 0.202. The number of aliphatic hydroxyl groups excluding tert-OH is 4. The van der Waals surface area contributed by atoms with Crippen molar-refractivity contribution in [1.29, 1.82) is 0 Å². The molecule has 2 aliphatic rings. The SMILES string of the molecule is CC1=C/C=C\[C@@H]2O[C@H](C[C@H]2O)[C@H](O)[C@H](O)C\C=C/C=C\C=C/C(=O)N[C@@H](C)C[C@@H](O)/C=C/C=C\1. The van der Waals surface area contributed by atoms with E-state index in [-0.39, 0.29) is 24.8 Å². The fourth-order valence-electron chi connectivity index (χ4n) is 3.63. The van der Waals surface area contributed by atoms with Gasteiger partial charge in [-0.05, 0) is 26.7 Å². The van der Waals surface area contributed by atoms with Crippen LogP contribution in [0.25, 0.3) is 0 Å². The van der Waals surface area contributed by atoms with Crippen LogP contribution in [0.2, 0.25) is 0 Å². The molecular formula is C27H37NO6. The number of hydrogen-bond acceptors (Lipinski definition) is 6. The van der Waals surface area contributed by atoms with Crippen molar-refractivity contribution in [3.8, 4) is 0 Å². The summed E-state index contributed by atoms with van der Waals surface area (Å²) in [7, 11) is 0. The van der Waals surface area contributed by atoms with Crippen LogP contribution in [0.15, 0.2) is 84.6 Å². The molecule has 0 spiro atoms. The van der Waals surface area contributed by atoms with Crippen LogP contribution in [0.5, 0.6) is 0 Å². The summed E-state index contributed by atoms with van der Waals surface area (Å²) in [5.74, 6) is -0.257. The molecule has 1 fully saturated rings. The smallest absolute Gasteiger partial charge is 0.244 e. The van der Waals surface area contributed by atoms with E-state index in [1.807, 2.05) is 32.1 Å². The van der Waals surface area contributed by atoms with Crippen molar-refractivity contribution in [3.05, 3.63) is 84.6 Å². The summed E-state index contributed by atoms with van der Waals surface area (Å²) in [5, 5.41) is 43.9. The molecule has 2 bridgehead atoms. The fraction of sp³-hybridized carbons (Fsp3) is 0.444. The summed E-state index contributed by atoms with van der Waals surface area (Å²) < 4.78 is 5.75. The van der Waals surface area contributed by atoms with Crippen LogP contribution >= 0.6 is 0 Å². The zero-order valence-electron chi connectivity index (χ0n) is 19.8. The third kappa shape index (κ3) is 10.2. The number of nitrogens with one attached hydrogen (secondary N) is 1. The second-order valence-corrected chi connectivity index (χ2v) is 8.66. The molecule has 2 rings (SSSR count). The van der Waals surface area contributed by atoms with E-state index in [0.717, 1.165) is 5.57 Å². The van der Waals surface area contributed by atoms with Crippen molar-refractivity contribution in [2.75, 3.05) is 0 Å². The number of ether oxygens (including phenoxy) is 1. The maximum Gasteiger partial charge on any atom is 0.244 e. The number of rotatable bonds is 0. The predicted octanol–water partition coefficient (Wildman–Crippen LogP) is 2.17. The molecule has 0 aromatic heterocycles. The summed E-state index contributed by atoms with van der Waals surface area (Å²) in [6, 6.07) is -0.202. The van der Waals surface area contributed by atoms with Gasteiger partial charge in [0.2, 0.25) is 5.91 Å². The minimum atomic E-state index is -1.12. The molecule has 34 heavy (non-hydrogen) atoms. The van der Waals surface area contributed by atoms with Gasteiger partial charge in [0.05, 0.1) is 24.4 Å². The van der Waals surface area contributed by atoms with Gasteiger partial charge in [-0.25, -0.2) is 0 Å². The normalized spacial score (nSPS) is 41.5. The second-order valence-electron chi connectivity index (χ2n) is 8.66. The Morgan fingerprint density at radius 1 is 0.882 bits per heavy atom. The average Bonchev–Trinajstić information content (AvgIpc) is 3.15. The number of allylic oxidation sites excluding steroid dienone is 10. The van der Waals surface area contributed by atoms with Crippen molar-refractivity contribution in [1.82, 2.24) is 5.32 Å². The molecule has 7 nitrogen and oxygen atoms in total. The van der Waals surface area contributed by atoms with Gasteiger partial charge in [-0.2, -0.15) is 0 Å². The van der Waals surface area contributed by atoms with Gasteiger partial charge in [0, 0.05) is 18.5 Å². The standard InChI is InChI=1S/C27H37NO6/c1-19-11-8-9-13-21(29)17-20(2)28-26(32)16-7-5-3-4-6-14-22(30)27(33)25-18-23(31)24(34-25)15-10-12-19/h3-13,15-16,20-25,27,29-31,33H,14,17-18H2,1-2H3,(H,28,32)/b5-3-,6-4-,11-8-,13-9+,15-10-,16-7-,19-12-/t20-,21-,22+,23+,24-,25+,27+/m0/s1. The molecule has 186 valence electrons. The van der Waals surface area contributed by atoms with Crippen LogP contribution in [0, 0.1) is 0 Å². The van der Waals surface area contributed by atoms with Gasteiger partial charge in [-0.15, -0.1) is 0 Å². The highest BCUT2D eigenvalue weighted by molar-refractivity contribution is 5.87. The van der Waals surface area contributed by atoms with Gasteiger partial charge in [0.15, 0.2) is 0 Å². The first-order valence-electron chi connectivity index (χ1n) is 11.6. The van der Waals surface area contributed by atoms with Gasteiger partial charge in [-0.3, -0.25) is 4.79 Å². The Labute approximate surface area is 201 Å². The van der Waals surface area contributed by atoms with E-state index >= 15 is 0 Å². The van der Waals surface area contributed by atoms with E-state index in [9.17, 15) is 25.2 Å². The number of carbonyl (C=O) groups excluding carboxylic acids is 1. The Balaban J connectivity index is 2.11. The zero-order chi connectivity index (χ0) is 24.9. The fourth-order valence-corrected chi connectivity index (χ4v) is 3.63. The highest BCUT2D eigenvalue weighted by Gasteiger charge is 2.38. The van der Waals surface area contributed by atoms with Gasteiger partial charge in [-0.1, -0.05) is 78.5 Å². The van der Waals surface area contributed by atoms with Crippen LogP contribution in [0.3, 0.4) is 0 Å². The van der Waals surface area contributed by atoms with E-state index < -0.39 is 36.6 Å². The average molecular weight is 472 g/mol. The lowest BCUT2D eigenvalue weighted by Gasteiger charge is -2.22. The molecule has 1 saturated heterocycles. The number of fused-ring (bicyclic) bond motifs is 2. The van der Waals surface area contributed by atoms with E-state index in [2.05, 4.69) is 5.32 Å². The highest BCUT2D eigenvalue weighted by atomic mass is 16.5. The van der Waals surface area contributed by atoms with Crippen LogP contribution < -0.4 is 5.32 Å². The molecule has 0 aromatic rings. The molecule has 2 heterocycles. The lowest BCUT2D eigenvalue weighted by Crippen LogP contribution is -2.37. The second kappa shape index (κ2) is 14.7. The van der Waals surface area contributed by atoms with Crippen LogP contribution in [0.4, 0.5) is 0 Å². The molecule has 0 aliphatic carbocycles.